The Morgan fingerprint density at radius 2 is 2.00 bits per heavy atom. The normalized spacial score (nSPS) is 11.5. The lowest BCUT2D eigenvalue weighted by Gasteiger charge is -2.11. The van der Waals surface area contributed by atoms with Gasteiger partial charge in [0.25, 0.3) is 5.91 Å². The largest absolute Gasteiger partial charge is 0.351 e. The maximum Gasteiger partial charge on any atom is 0.251 e. The van der Waals surface area contributed by atoms with E-state index < -0.39 is 10.0 Å². The highest BCUT2D eigenvalue weighted by Crippen LogP contribution is 2.12. The Hall–Kier alpha value is -2.29. The van der Waals surface area contributed by atoms with Crippen LogP contribution in [0.15, 0.2) is 53.7 Å². The Labute approximate surface area is 148 Å². The summed E-state index contributed by atoms with van der Waals surface area (Å²) in [6, 6.07) is 9.50. The number of carbonyl (C=O) groups excluding carboxylic acids is 1. The van der Waals surface area contributed by atoms with Gasteiger partial charge in [-0.25, -0.2) is 13.1 Å². The summed E-state index contributed by atoms with van der Waals surface area (Å²) >= 11 is 0. The third-order valence-electron chi connectivity index (χ3n) is 3.44. The van der Waals surface area contributed by atoms with Gasteiger partial charge in [0.15, 0.2) is 0 Å². The fourth-order valence-electron chi connectivity index (χ4n) is 2.06. The van der Waals surface area contributed by atoms with Gasteiger partial charge in [0.05, 0.1) is 4.90 Å². The first-order valence-corrected chi connectivity index (χ1v) is 9.28. The highest BCUT2D eigenvalue weighted by atomic mass is 32.2. The van der Waals surface area contributed by atoms with Crippen LogP contribution in [0.5, 0.6) is 0 Å². The zero-order chi connectivity index (χ0) is 18.3. The maximum atomic E-state index is 12.4. The number of rotatable bonds is 8. The Balaban J connectivity index is 2.04. The van der Waals surface area contributed by atoms with Crippen molar-refractivity contribution in [1.29, 1.82) is 0 Å². The van der Waals surface area contributed by atoms with Gasteiger partial charge in [-0.15, -0.1) is 0 Å². The molecule has 1 aromatic heterocycles. The third kappa shape index (κ3) is 5.93. The van der Waals surface area contributed by atoms with Crippen molar-refractivity contribution in [2.24, 2.45) is 0 Å². The fourth-order valence-corrected chi connectivity index (χ4v) is 3.13. The summed E-state index contributed by atoms with van der Waals surface area (Å²) in [5, 5.41) is 2.76. The number of benzene rings is 1. The van der Waals surface area contributed by atoms with Gasteiger partial charge in [0, 0.05) is 37.6 Å². The predicted octanol–water partition coefficient (Wildman–Crippen LogP) is 0.852. The van der Waals surface area contributed by atoms with Gasteiger partial charge in [0.2, 0.25) is 10.0 Å². The van der Waals surface area contributed by atoms with Gasteiger partial charge >= 0.3 is 0 Å². The zero-order valence-electron chi connectivity index (χ0n) is 14.3. The number of amides is 1. The molecule has 25 heavy (non-hydrogen) atoms. The molecule has 2 aromatic rings. The lowest BCUT2D eigenvalue weighted by molar-refractivity contribution is 0.0951. The second-order valence-corrected chi connectivity index (χ2v) is 7.54. The van der Waals surface area contributed by atoms with Crippen molar-refractivity contribution in [3.05, 3.63) is 59.9 Å². The monoisotopic (exact) mass is 362 g/mol. The van der Waals surface area contributed by atoms with Crippen molar-refractivity contribution in [2.75, 3.05) is 27.2 Å². The first kappa shape index (κ1) is 19.0. The SMILES string of the molecule is CN(C)CCNC(=O)c1cccc(S(=O)(=O)NCc2cccnc2)c1. The first-order valence-electron chi connectivity index (χ1n) is 7.80. The molecule has 0 unspecified atom stereocenters. The van der Waals surface area contributed by atoms with E-state index in [1.165, 1.54) is 12.1 Å². The van der Waals surface area contributed by atoms with Crippen molar-refractivity contribution in [2.45, 2.75) is 11.4 Å². The second kappa shape index (κ2) is 8.70. The molecule has 8 heteroatoms. The molecule has 0 aliphatic carbocycles. The van der Waals surface area contributed by atoms with E-state index in [-0.39, 0.29) is 17.3 Å². The predicted molar refractivity (Wildman–Crippen MR) is 95.6 cm³/mol. The number of aromatic nitrogens is 1. The summed E-state index contributed by atoms with van der Waals surface area (Å²) in [6.07, 6.45) is 3.22. The number of hydrogen-bond donors (Lipinski definition) is 2. The van der Waals surface area contributed by atoms with Crippen LogP contribution in [0.3, 0.4) is 0 Å². The molecule has 0 aliphatic heterocycles. The van der Waals surface area contributed by atoms with Crippen molar-refractivity contribution in [3.8, 4) is 0 Å². The standard InChI is InChI=1S/C17H22N4O3S/c1-21(2)10-9-19-17(22)15-6-3-7-16(11-15)25(23,24)20-13-14-5-4-8-18-12-14/h3-8,11-12,20H,9-10,13H2,1-2H3,(H,19,22). The molecule has 1 aromatic carbocycles. The number of nitrogens with one attached hydrogen (secondary N) is 2. The Morgan fingerprint density at radius 3 is 2.68 bits per heavy atom. The maximum absolute atomic E-state index is 12.4. The van der Waals surface area contributed by atoms with Crippen molar-refractivity contribution < 1.29 is 13.2 Å². The number of nitrogens with zero attached hydrogens (tertiary/aromatic N) is 2. The summed E-state index contributed by atoms with van der Waals surface area (Å²) in [6.45, 7) is 1.33. The van der Waals surface area contributed by atoms with E-state index in [4.69, 9.17) is 0 Å². The van der Waals surface area contributed by atoms with Crippen LogP contribution in [-0.2, 0) is 16.6 Å². The molecule has 7 nitrogen and oxygen atoms in total. The number of pyridine rings is 1. The van der Waals surface area contributed by atoms with Gasteiger partial charge in [0.1, 0.15) is 0 Å². The molecule has 0 fully saturated rings. The molecule has 1 heterocycles. The van der Waals surface area contributed by atoms with Crippen LogP contribution < -0.4 is 10.0 Å². The Bertz CT molecular complexity index is 808. The molecule has 1 amide bonds. The van der Waals surface area contributed by atoms with E-state index in [0.717, 1.165) is 5.56 Å². The van der Waals surface area contributed by atoms with Gasteiger partial charge in [-0.05, 0) is 43.9 Å². The van der Waals surface area contributed by atoms with E-state index in [2.05, 4.69) is 15.0 Å². The summed E-state index contributed by atoms with van der Waals surface area (Å²) in [5.41, 5.74) is 1.06. The van der Waals surface area contributed by atoms with Crippen LogP contribution in [-0.4, -0.2) is 51.4 Å². The van der Waals surface area contributed by atoms with E-state index in [9.17, 15) is 13.2 Å². The van der Waals surface area contributed by atoms with Crippen molar-refractivity contribution in [3.63, 3.8) is 0 Å². The molecule has 2 N–H and O–H groups in total. The smallest absolute Gasteiger partial charge is 0.251 e. The first-order chi connectivity index (χ1) is 11.9. The number of sulfonamides is 1. The average Bonchev–Trinajstić information content (AvgIpc) is 2.61. The van der Waals surface area contributed by atoms with E-state index in [1.807, 2.05) is 19.0 Å². The number of carbonyl (C=O) groups is 1. The Morgan fingerprint density at radius 1 is 1.20 bits per heavy atom. The van der Waals surface area contributed by atoms with Crippen LogP contribution in [0.25, 0.3) is 0 Å². The molecule has 0 spiro atoms. The van der Waals surface area contributed by atoms with E-state index in [0.29, 0.717) is 18.7 Å². The van der Waals surface area contributed by atoms with Crippen LogP contribution in [0, 0.1) is 0 Å². The summed E-state index contributed by atoms with van der Waals surface area (Å²) < 4.78 is 27.3. The quantitative estimate of drug-likeness (QED) is 0.726. The van der Waals surface area contributed by atoms with Crippen molar-refractivity contribution in [1.82, 2.24) is 19.9 Å². The van der Waals surface area contributed by atoms with Crippen LogP contribution >= 0.6 is 0 Å². The molecule has 0 bridgehead atoms. The lowest BCUT2D eigenvalue weighted by atomic mass is 10.2. The fraction of sp³-hybridized carbons (Fsp3) is 0.294. The van der Waals surface area contributed by atoms with Crippen LogP contribution in [0.4, 0.5) is 0 Å². The molecular weight excluding hydrogens is 340 g/mol. The minimum Gasteiger partial charge on any atom is -0.351 e. The molecule has 0 radical (unpaired) electrons. The molecule has 0 saturated heterocycles. The molecular formula is C17H22N4O3S. The second-order valence-electron chi connectivity index (χ2n) is 5.77. The van der Waals surface area contributed by atoms with Gasteiger partial charge < -0.3 is 10.2 Å². The van der Waals surface area contributed by atoms with Crippen LogP contribution in [0.1, 0.15) is 15.9 Å². The molecule has 0 atom stereocenters. The molecule has 2 rings (SSSR count). The topological polar surface area (TPSA) is 91.4 Å². The summed E-state index contributed by atoms with van der Waals surface area (Å²) in [4.78, 5) is 18.1. The van der Waals surface area contributed by atoms with Gasteiger partial charge in [-0.3, -0.25) is 9.78 Å². The summed E-state index contributed by atoms with van der Waals surface area (Å²) in [7, 11) is 0.106. The zero-order valence-corrected chi connectivity index (χ0v) is 15.1. The van der Waals surface area contributed by atoms with Gasteiger partial charge in [-0.1, -0.05) is 12.1 Å². The third-order valence-corrected chi connectivity index (χ3v) is 4.84. The minimum atomic E-state index is -3.71. The minimum absolute atomic E-state index is 0.0525. The van der Waals surface area contributed by atoms with E-state index >= 15 is 0 Å². The lowest BCUT2D eigenvalue weighted by Crippen LogP contribution is -2.31. The number of likely N-dealkylation sites (N-methyl/N-ethyl adjacent to an activating group) is 1. The Kier molecular flexibility index (Phi) is 6.63. The van der Waals surface area contributed by atoms with Gasteiger partial charge in [-0.2, -0.15) is 0 Å². The number of hydrogen-bond acceptors (Lipinski definition) is 5. The highest BCUT2D eigenvalue weighted by molar-refractivity contribution is 7.89. The molecule has 0 saturated carbocycles. The van der Waals surface area contributed by atoms with Crippen molar-refractivity contribution >= 4 is 15.9 Å². The van der Waals surface area contributed by atoms with E-state index in [1.54, 1.807) is 36.7 Å². The highest BCUT2D eigenvalue weighted by Gasteiger charge is 2.16. The molecule has 134 valence electrons. The average molecular weight is 362 g/mol. The molecule has 0 aliphatic rings. The van der Waals surface area contributed by atoms with Crippen LogP contribution in [0.2, 0.25) is 0 Å². The summed E-state index contributed by atoms with van der Waals surface area (Å²) in [5.74, 6) is -0.300.